The zero-order chi connectivity index (χ0) is 28.7. The summed E-state index contributed by atoms with van der Waals surface area (Å²) in [5.74, 6) is -1.39. The molecule has 8 heteroatoms. The fourth-order valence-electron chi connectivity index (χ4n) is 6.36. The first-order chi connectivity index (χ1) is 19.1. The van der Waals surface area contributed by atoms with Gasteiger partial charge in [-0.2, -0.15) is 0 Å². The van der Waals surface area contributed by atoms with Crippen molar-refractivity contribution in [2.24, 2.45) is 16.7 Å². The molecule has 8 nitrogen and oxygen atoms in total. The third-order valence-corrected chi connectivity index (χ3v) is 8.68. The van der Waals surface area contributed by atoms with Crippen LogP contribution in [-0.4, -0.2) is 73.2 Å². The Bertz CT molecular complexity index is 1320. The van der Waals surface area contributed by atoms with E-state index in [0.717, 1.165) is 16.3 Å². The Labute approximate surface area is 236 Å². The van der Waals surface area contributed by atoms with E-state index in [1.807, 2.05) is 55.5 Å². The number of piperidine rings is 1. The minimum Gasteiger partial charge on any atom is -0.468 e. The standard InChI is InChI=1S/C32H40N2O6/c1-21-32(30(37)38-5)19-24(17-28(35)33-13-15-39-16-14-33)29(36)34(26(32)18-27(40-21)31(2,3)4)20-23-11-8-10-22-9-6-7-12-25(22)23/h6-12,18,21,24,27H,13-17,19-20H2,1-5H3/t21-,24+,27-,32+/m1/s1. The van der Waals surface area contributed by atoms with E-state index in [-0.39, 0.29) is 42.7 Å². The lowest BCUT2D eigenvalue weighted by Gasteiger charge is -2.53. The molecule has 2 aromatic rings. The van der Waals surface area contributed by atoms with Gasteiger partial charge in [0.15, 0.2) is 0 Å². The van der Waals surface area contributed by atoms with Gasteiger partial charge in [0.2, 0.25) is 11.8 Å². The van der Waals surface area contributed by atoms with E-state index in [0.29, 0.717) is 32.0 Å². The number of fused-ring (bicyclic) bond motifs is 2. The molecule has 2 saturated heterocycles. The smallest absolute Gasteiger partial charge is 0.320 e. The summed E-state index contributed by atoms with van der Waals surface area (Å²) in [5.41, 5.74) is 0.106. The molecule has 3 aliphatic rings. The zero-order valence-electron chi connectivity index (χ0n) is 24.1. The molecule has 0 spiro atoms. The Balaban J connectivity index is 1.61. The second-order valence-electron chi connectivity index (χ2n) is 12.2. The maximum atomic E-state index is 14.4. The van der Waals surface area contributed by atoms with Gasteiger partial charge in [0, 0.05) is 31.1 Å². The highest BCUT2D eigenvalue weighted by Gasteiger charge is 2.60. The van der Waals surface area contributed by atoms with Crippen LogP contribution in [-0.2, 0) is 35.1 Å². The van der Waals surface area contributed by atoms with Gasteiger partial charge in [0.05, 0.1) is 39.1 Å². The maximum Gasteiger partial charge on any atom is 0.320 e. The predicted octanol–water partition coefficient (Wildman–Crippen LogP) is 4.31. The summed E-state index contributed by atoms with van der Waals surface area (Å²) >= 11 is 0. The van der Waals surface area contributed by atoms with Crippen LogP contribution >= 0.6 is 0 Å². The van der Waals surface area contributed by atoms with E-state index in [4.69, 9.17) is 14.2 Å². The summed E-state index contributed by atoms with van der Waals surface area (Å²) in [6.45, 7) is 10.4. The first-order valence-electron chi connectivity index (χ1n) is 14.2. The number of nitrogens with zero attached hydrogens (tertiary/aromatic N) is 2. The number of esters is 1. The number of hydrogen-bond acceptors (Lipinski definition) is 6. The molecule has 40 heavy (non-hydrogen) atoms. The van der Waals surface area contributed by atoms with Crippen molar-refractivity contribution < 1.29 is 28.6 Å². The average Bonchev–Trinajstić information content (AvgIpc) is 2.95. The third kappa shape index (κ3) is 5.03. The lowest BCUT2D eigenvalue weighted by molar-refractivity contribution is -0.180. The molecule has 5 rings (SSSR count). The van der Waals surface area contributed by atoms with Gasteiger partial charge in [0.1, 0.15) is 5.41 Å². The van der Waals surface area contributed by atoms with E-state index in [9.17, 15) is 14.4 Å². The van der Waals surface area contributed by atoms with Crippen molar-refractivity contribution >= 4 is 28.6 Å². The predicted molar refractivity (Wildman–Crippen MR) is 151 cm³/mol. The second kappa shape index (κ2) is 11.0. The molecule has 0 aromatic heterocycles. The summed E-state index contributed by atoms with van der Waals surface area (Å²) < 4.78 is 17.3. The van der Waals surface area contributed by atoms with Gasteiger partial charge in [0.25, 0.3) is 0 Å². The number of carbonyl (C=O) groups is 3. The van der Waals surface area contributed by atoms with Gasteiger partial charge in [-0.05, 0) is 41.2 Å². The van der Waals surface area contributed by atoms with Crippen LogP contribution in [0.25, 0.3) is 10.8 Å². The van der Waals surface area contributed by atoms with Crippen molar-refractivity contribution in [3.05, 3.63) is 59.8 Å². The minimum absolute atomic E-state index is 0.0202. The summed E-state index contributed by atoms with van der Waals surface area (Å²) in [6, 6.07) is 14.1. The molecule has 3 aliphatic heterocycles. The van der Waals surface area contributed by atoms with Gasteiger partial charge in [-0.3, -0.25) is 14.4 Å². The van der Waals surface area contributed by atoms with Crippen LogP contribution in [0.15, 0.2) is 54.2 Å². The summed E-state index contributed by atoms with van der Waals surface area (Å²) in [5, 5.41) is 2.12. The molecule has 0 unspecified atom stereocenters. The molecule has 2 amide bonds. The number of morpholine rings is 1. The molecule has 0 radical (unpaired) electrons. The molecule has 0 saturated carbocycles. The summed E-state index contributed by atoms with van der Waals surface area (Å²) in [7, 11) is 1.37. The minimum atomic E-state index is -1.22. The Morgan fingerprint density at radius 2 is 1.77 bits per heavy atom. The topological polar surface area (TPSA) is 85.4 Å². The fraction of sp³-hybridized carbons (Fsp3) is 0.531. The molecule has 0 aliphatic carbocycles. The number of methoxy groups -OCH3 is 1. The number of benzene rings is 2. The Morgan fingerprint density at radius 1 is 1.07 bits per heavy atom. The average molecular weight is 549 g/mol. The molecular weight excluding hydrogens is 508 g/mol. The van der Waals surface area contributed by atoms with Crippen LogP contribution in [0.4, 0.5) is 0 Å². The van der Waals surface area contributed by atoms with Crippen LogP contribution in [0, 0.1) is 16.7 Å². The fourth-order valence-corrected chi connectivity index (χ4v) is 6.36. The zero-order valence-corrected chi connectivity index (χ0v) is 24.1. The first kappa shape index (κ1) is 28.3. The van der Waals surface area contributed by atoms with Crippen molar-refractivity contribution in [2.75, 3.05) is 33.4 Å². The quantitative estimate of drug-likeness (QED) is 0.518. The number of carbonyl (C=O) groups excluding carboxylic acids is 3. The Kier molecular flexibility index (Phi) is 7.77. The molecule has 214 valence electrons. The van der Waals surface area contributed by atoms with Gasteiger partial charge >= 0.3 is 5.97 Å². The lowest BCUT2D eigenvalue weighted by Crippen LogP contribution is -2.61. The SMILES string of the molecule is COC(=O)[C@]12C[C@H](CC(=O)N3CCOCC3)C(=O)N(Cc3cccc4ccccc34)C1=C[C@H](C(C)(C)C)O[C@@H]2C. The van der Waals surface area contributed by atoms with Crippen LogP contribution in [0.2, 0.25) is 0 Å². The van der Waals surface area contributed by atoms with E-state index in [1.165, 1.54) is 7.11 Å². The monoisotopic (exact) mass is 548 g/mol. The molecule has 0 bridgehead atoms. The van der Waals surface area contributed by atoms with Crippen molar-refractivity contribution in [1.82, 2.24) is 9.80 Å². The maximum absolute atomic E-state index is 14.4. The highest BCUT2D eigenvalue weighted by molar-refractivity contribution is 5.93. The van der Waals surface area contributed by atoms with Crippen LogP contribution in [0.5, 0.6) is 0 Å². The van der Waals surface area contributed by atoms with Gasteiger partial charge in [-0.15, -0.1) is 0 Å². The Hall–Kier alpha value is -3.23. The van der Waals surface area contributed by atoms with Crippen molar-refractivity contribution in [2.45, 2.75) is 59.3 Å². The van der Waals surface area contributed by atoms with Crippen molar-refractivity contribution in [3.8, 4) is 0 Å². The molecule has 2 fully saturated rings. The van der Waals surface area contributed by atoms with Gasteiger partial charge < -0.3 is 24.0 Å². The van der Waals surface area contributed by atoms with E-state index in [1.54, 1.807) is 9.80 Å². The normalized spacial score (nSPS) is 27.3. The van der Waals surface area contributed by atoms with E-state index in [2.05, 4.69) is 20.8 Å². The number of hydrogen-bond donors (Lipinski definition) is 0. The van der Waals surface area contributed by atoms with E-state index < -0.39 is 23.4 Å². The van der Waals surface area contributed by atoms with Crippen LogP contribution in [0.1, 0.15) is 46.1 Å². The van der Waals surface area contributed by atoms with Crippen LogP contribution < -0.4 is 0 Å². The van der Waals surface area contributed by atoms with Crippen molar-refractivity contribution in [1.29, 1.82) is 0 Å². The van der Waals surface area contributed by atoms with E-state index >= 15 is 0 Å². The molecule has 2 aromatic carbocycles. The van der Waals surface area contributed by atoms with Gasteiger partial charge in [-0.1, -0.05) is 63.2 Å². The van der Waals surface area contributed by atoms with Gasteiger partial charge in [-0.25, -0.2) is 0 Å². The lowest BCUT2D eigenvalue weighted by atomic mass is 9.65. The Morgan fingerprint density at radius 3 is 2.48 bits per heavy atom. The molecular formula is C32H40N2O6. The highest BCUT2D eigenvalue weighted by atomic mass is 16.5. The summed E-state index contributed by atoms with van der Waals surface area (Å²) in [4.78, 5) is 44.9. The first-order valence-corrected chi connectivity index (χ1v) is 14.2. The molecule has 4 atom stereocenters. The molecule has 0 N–H and O–H groups in total. The number of rotatable bonds is 5. The highest BCUT2D eigenvalue weighted by Crippen LogP contribution is 2.52. The van der Waals surface area contributed by atoms with Crippen LogP contribution in [0.3, 0.4) is 0 Å². The number of amides is 2. The van der Waals surface area contributed by atoms with Crippen molar-refractivity contribution in [3.63, 3.8) is 0 Å². The number of ether oxygens (including phenoxy) is 3. The third-order valence-electron chi connectivity index (χ3n) is 8.68. The number of likely N-dealkylation sites (tertiary alicyclic amines) is 1. The summed E-state index contributed by atoms with van der Waals surface area (Å²) in [6.07, 6.45) is 1.24. The molecule has 3 heterocycles. The largest absolute Gasteiger partial charge is 0.468 e. The second-order valence-corrected chi connectivity index (χ2v) is 12.2.